The summed E-state index contributed by atoms with van der Waals surface area (Å²) in [7, 11) is 0. The average molecular weight is 296 g/mol. The van der Waals surface area contributed by atoms with Gasteiger partial charge in [0.1, 0.15) is 0 Å². The molecule has 2 nitrogen and oxygen atoms in total. The van der Waals surface area contributed by atoms with Crippen LogP contribution in [0.25, 0.3) is 0 Å². The molecule has 0 bridgehead atoms. The molecule has 21 heavy (non-hydrogen) atoms. The van der Waals surface area contributed by atoms with Crippen molar-refractivity contribution >= 4 is 0 Å². The van der Waals surface area contributed by atoms with Crippen LogP contribution in [0.15, 0.2) is 0 Å². The summed E-state index contributed by atoms with van der Waals surface area (Å²) < 4.78 is 0. The summed E-state index contributed by atoms with van der Waals surface area (Å²) >= 11 is 0. The maximum absolute atomic E-state index is 11.6. The van der Waals surface area contributed by atoms with E-state index in [4.69, 9.17) is 5.73 Å². The molecule has 0 radical (unpaired) electrons. The molecule has 0 aliphatic heterocycles. The molecule has 0 spiro atoms. The first-order chi connectivity index (χ1) is 9.94. The van der Waals surface area contributed by atoms with Crippen LogP contribution < -0.4 is 5.73 Å². The van der Waals surface area contributed by atoms with Crippen molar-refractivity contribution in [1.29, 1.82) is 0 Å². The van der Waals surface area contributed by atoms with Crippen molar-refractivity contribution in [2.75, 3.05) is 6.54 Å². The Balaban J connectivity index is 2.14. The van der Waals surface area contributed by atoms with Gasteiger partial charge in [-0.05, 0) is 49.9 Å². The van der Waals surface area contributed by atoms with Gasteiger partial charge < -0.3 is 10.8 Å². The van der Waals surface area contributed by atoms with Crippen LogP contribution >= 0.6 is 0 Å². The summed E-state index contributed by atoms with van der Waals surface area (Å²) in [6.45, 7) is 7.58. The molecule has 0 amide bonds. The van der Waals surface area contributed by atoms with Crippen molar-refractivity contribution in [3.63, 3.8) is 0 Å². The Bertz CT molecular complexity index is 330. The average Bonchev–Trinajstić information content (AvgIpc) is 2.46. The van der Waals surface area contributed by atoms with Gasteiger partial charge in [-0.25, -0.2) is 0 Å². The highest BCUT2D eigenvalue weighted by Gasteiger charge is 2.52. The quantitative estimate of drug-likeness (QED) is 0.784. The standard InChI is InChI=1S/C19H37NO/c1-4-16-7-5-9-18(12-16,14-20)19(21)10-6-8-17(13-19)11-15(2)3/h15-17,21H,4-14,20H2,1-3H3. The lowest BCUT2D eigenvalue weighted by molar-refractivity contribution is -0.141. The van der Waals surface area contributed by atoms with Gasteiger partial charge in [0.25, 0.3) is 0 Å². The molecule has 0 aromatic rings. The first kappa shape index (κ1) is 17.3. The predicted octanol–water partition coefficient (Wildman–Crippen LogP) is 4.50. The summed E-state index contributed by atoms with van der Waals surface area (Å²) in [6.07, 6.45) is 11.9. The minimum absolute atomic E-state index is 0.00156. The second-order valence-electron chi connectivity index (χ2n) is 8.48. The topological polar surface area (TPSA) is 46.2 Å². The van der Waals surface area contributed by atoms with E-state index >= 15 is 0 Å². The maximum Gasteiger partial charge on any atom is 0.0718 e. The van der Waals surface area contributed by atoms with Crippen molar-refractivity contribution in [2.45, 2.75) is 90.6 Å². The van der Waals surface area contributed by atoms with Crippen LogP contribution in [-0.4, -0.2) is 17.3 Å². The van der Waals surface area contributed by atoms with E-state index in [1.54, 1.807) is 0 Å². The van der Waals surface area contributed by atoms with Crippen LogP contribution in [0.5, 0.6) is 0 Å². The minimum atomic E-state index is -0.493. The Labute approximate surface area is 131 Å². The molecule has 2 saturated carbocycles. The lowest BCUT2D eigenvalue weighted by atomic mass is 9.55. The van der Waals surface area contributed by atoms with Crippen molar-refractivity contribution < 1.29 is 5.11 Å². The third-order valence-corrected chi connectivity index (χ3v) is 6.54. The molecule has 0 aromatic heterocycles. The van der Waals surface area contributed by atoms with Crippen LogP contribution in [0, 0.1) is 23.2 Å². The summed E-state index contributed by atoms with van der Waals surface area (Å²) in [4.78, 5) is 0. The van der Waals surface area contributed by atoms with Gasteiger partial charge in [-0.2, -0.15) is 0 Å². The van der Waals surface area contributed by atoms with E-state index < -0.39 is 5.60 Å². The Morgan fingerprint density at radius 1 is 1.10 bits per heavy atom. The summed E-state index contributed by atoms with van der Waals surface area (Å²) in [5.41, 5.74) is 5.77. The zero-order chi connectivity index (χ0) is 15.5. The molecular formula is C19H37NO. The van der Waals surface area contributed by atoms with Gasteiger partial charge in [0.15, 0.2) is 0 Å². The second-order valence-corrected chi connectivity index (χ2v) is 8.48. The van der Waals surface area contributed by atoms with E-state index in [1.165, 1.54) is 38.5 Å². The third-order valence-electron chi connectivity index (χ3n) is 6.54. The zero-order valence-electron chi connectivity index (χ0n) is 14.5. The van der Waals surface area contributed by atoms with E-state index in [1.807, 2.05) is 0 Å². The van der Waals surface area contributed by atoms with Crippen LogP contribution in [0.3, 0.4) is 0 Å². The smallest absolute Gasteiger partial charge is 0.0718 e. The van der Waals surface area contributed by atoms with Gasteiger partial charge in [0.05, 0.1) is 5.60 Å². The molecule has 2 fully saturated rings. The van der Waals surface area contributed by atoms with Crippen LogP contribution in [-0.2, 0) is 0 Å². The largest absolute Gasteiger partial charge is 0.389 e. The number of hydrogen-bond acceptors (Lipinski definition) is 2. The molecule has 2 aliphatic carbocycles. The van der Waals surface area contributed by atoms with Gasteiger partial charge in [-0.3, -0.25) is 0 Å². The van der Waals surface area contributed by atoms with Gasteiger partial charge in [-0.1, -0.05) is 52.9 Å². The van der Waals surface area contributed by atoms with Crippen LogP contribution in [0.4, 0.5) is 0 Å². The zero-order valence-corrected chi connectivity index (χ0v) is 14.5. The van der Waals surface area contributed by atoms with E-state index in [0.717, 1.165) is 37.5 Å². The van der Waals surface area contributed by atoms with Gasteiger partial charge in [-0.15, -0.1) is 0 Å². The van der Waals surface area contributed by atoms with Crippen molar-refractivity contribution in [2.24, 2.45) is 28.9 Å². The highest BCUT2D eigenvalue weighted by atomic mass is 16.3. The highest BCUT2D eigenvalue weighted by molar-refractivity contribution is 5.04. The van der Waals surface area contributed by atoms with Gasteiger partial charge in [0, 0.05) is 12.0 Å². The number of rotatable bonds is 5. The molecule has 2 heteroatoms. The normalized spacial score (nSPS) is 41.4. The molecule has 0 heterocycles. The van der Waals surface area contributed by atoms with Gasteiger partial charge in [0.2, 0.25) is 0 Å². The minimum Gasteiger partial charge on any atom is -0.389 e. The molecule has 2 aliphatic rings. The number of aliphatic hydroxyl groups is 1. The first-order valence-electron chi connectivity index (χ1n) is 9.37. The third kappa shape index (κ3) is 3.64. The SMILES string of the molecule is CCC1CCCC(CN)(C2(O)CCCC(CC(C)C)C2)C1. The van der Waals surface area contributed by atoms with E-state index in [9.17, 15) is 5.11 Å². The van der Waals surface area contributed by atoms with Crippen molar-refractivity contribution in [3.8, 4) is 0 Å². The molecule has 124 valence electrons. The van der Waals surface area contributed by atoms with E-state index in [2.05, 4.69) is 20.8 Å². The Hall–Kier alpha value is -0.0800. The molecule has 0 saturated heterocycles. The van der Waals surface area contributed by atoms with E-state index in [-0.39, 0.29) is 5.41 Å². The second kappa shape index (κ2) is 7.00. The molecular weight excluding hydrogens is 258 g/mol. The van der Waals surface area contributed by atoms with Crippen LogP contribution in [0.2, 0.25) is 0 Å². The monoisotopic (exact) mass is 295 g/mol. The summed E-state index contributed by atoms with van der Waals surface area (Å²) in [5.74, 6) is 2.21. The molecule has 3 N–H and O–H groups in total. The van der Waals surface area contributed by atoms with Gasteiger partial charge >= 0.3 is 0 Å². The molecule has 4 unspecified atom stereocenters. The molecule has 0 aromatic carbocycles. The highest BCUT2D eigenvalue weighted by Crippen LogP contribution is 2.53. The van der Waals surface area contributed by atoms with E-state index in [0.29, 0.717) is 12.5 Å². The number of hydrogen-bond donors (Lipinski definition) is 2. The fourth-order valence-electron chi connectivity index (χ4n) is 5.35. The fraction of sp³-hybridized carbons (Fsp3) is 1.00. The molecule has 4 atom stereocenters. The Morgan fingerprint density at radius 2 is 1.76 bits per heavy atom. The number of nitrogens with two attached hydrogens (primary N) is 1. The predicted molar refractivity (Wildman–Crippen MR) is 90.1 cm³/mol. The van der Waals surface area contributed by atoms with Crippen molar-refractivity contribution in [1.82, 2.24) is 0 Å². The Kier molecular flexibility index (Phi) is 5.76. The first-order valence-corrected chi connectivity index (χ1v) is 9.37. The maximum atomic E-state index is 11.6. The summed E-state index contributed by atoms with van der Waals surface area (Å²) in [6, 6.07) is 0. The van der Waals surface area contributed by atoms with Crippen LogP contribution in [0.1, 0.15) is 85.0 Å². The lowest BCUT2D eigenvalue weighted by Crippen LogP contribution is -2.57. The lowest BCUT2D eigenvalue weighted by Gasteiger charge is -2.54. The fourth-order valence-corrected chi connectivity index (χ4v) is 5.35. The summed E-state index contributed by atoms with van der Waals surface area (Å²) in [5, 5.41) is 11.6. The molecule has 2 rings (SSSR count). The Morgan fingerprint density at radius 3 is 2.38 bits per heavy atom. The van der Waals surface area contributed by atoms with Crippen molar-refractivity contribution in [3.05, 3.63) is 0 Å².